The van der Waals surface area contributed by atoms with Gasteiger partial charge in [-0.25, -0.2) is 30.4 Å². The van der Waals surface area contributed by atoms with Crippen molar-refractivity contribution in [3.05, 3.63) is 31.1 Å². The highest BCUT2D eigenvalue weighted by Gasteiger charge is 2.04. The first-order chi connectivity index (χ1) is 8.54. The molecule has 14 nitrogen and oxygen atoms in total. The third-order valence-corrected chi connectivity index (χ3v) is 1.50. The lowest BCUT2D eigenvalue weighted by atomic mass is 10.6. The van der Waals surface area contributed by atoms with Gasteiger partial charge in [-0.05, 0) is 0 Å². The van der Waals surface area contributed by atoms with Gasteiger partial charge in [0.2, 0.25) is 0 Å². The van der Waals surface area contributed by atoms with Crippen LogP contribution in [0.1, 0.15) is 0 Å². The lowest BCUT2D eigenvalue weighted by molar-refractivity contribution is -0.419. The van der Waals surface area contributed by atoms with E-state index in [0.29, 0.717) is 0 Å². The predicted molar refractivity (Wildman–Crippen MR) is 51.8 cm³/mol. The zero-order valence-electron chi connectivity index (χ0n) is 8.21. The molecular weight excluding hydrogens is 252 g/mol. The Hall–Kier alpha value is -3.32. The van der Waals surface area contributed by atoms with E-state index in [2.05, 4.69) is 41.2 Å². The fourth-order valence-electron chi connectivity index (χ4n) is 0.951. The molecule has 0 aliphatic heterocycles. The average Bonchev–Trinajstić information content (AvgIpc) is 2.85. The van der Waals surface area contributed by atoms with Crippen molar-refractivity contribution in [3.8, 4) is 11.6 Å². The van der Waals surface area contributed by atoms with E-state index >= 15 is 0 Å². The van der Waals surface area contributed by atoms with E-state index in [1.165, 1.54) is 0 Å². The van der Waals surface area contributed by atoms with Crippen LogP contribution in [0.25, 0.3) is 22.5 Å². The molecule has 0 aliphatic carbocycles. The number of nitro groups is 2. The van der Waals surface area contributed by atoms with Crippen molar-refractivity contribution >= 4 is 11.9 Å². The Kier molecular flexibility index (Phi) is 2.65. The predicted octanol–water partition coefficient (Wildman–Crippen LogP) is -0.0164. The summed E-state index contributed by atoms with van der Waals surface area (Å²) in [6, 6.07) is 0. The molecule has 0 spiro atoms. The van der Waals surface area contributed by atoms with Gasteiger partial charge in [0.25, 0.3) is 0 Å². The minimum absolute atomic E-state index is 0.114. The Morgan fingerprint density at radius 1 is 0.889 bits per heavy atom. The SMILES string of the molecule is O=[N+]([O-])[N-]c1nc(-c2n[nH]c([N-][N+](=O)[O-])n2)n[nH]1. The molecule has 0 saturated heterocycles. The van der Waals surface area contributed by atoms with Crippen molar-refractivity contribution in [1.29, 1.82) is 0 Å². The van der Waals surface area contributed by atoms with Gasteiger partial charge in [0.05, 0.1) is 0 Å². The van der Waals surface area contributed by atoms with E-state index in [1.54, 1.807) is 0 Å². The number of nitrogens with one attached hydrogen (secondary N) is 2. The number of aromatic nitrogens is 6. The van der Waals surface area contributed by atoms with E-state index < -0.39 is 10.1 Å². The summed E-state index contributed by atoms with van der Waals surface area (Å²) >= 11 is 0. The summed E-state index contributed by atoms with van der Waals surface area (Å²) < 4.78 is 0. The number of nitrogens with zero attached hydrogens (tertiary/aromatic N) is 8. The minimum Gasteiger partial charge on any atom is -0.336 e. The maximum absolute atomic E-state index is 10.1. The Balaban J connectivity index is 2.15. The van der Waals surface area contributed by atoms with Crippen LogP contribution in [0.15, 0.2) is 0 Å². The highest BCUT2D eigenvalue weighted by Crippen LogP contribution is 2.18. The molecule has 2 aromatic rings. The Labute approximate surface area is 96.1 Å². The zero-order chi connectivity index (χ0) is 13.1. The number of hydrogen-bond donors (Lipinski definition) is 2. The third kappa shape index (κ3) is 2.43. The molecule has 0 unspecified atom stereocenters. The van der Waals surface area contributed by atoms with Crippen molar-refractivity contribution in [2.75, 3.05) is 0 Å². The molecule has 0 aromatic carbocycles. The zero-order valence-corrected chi connectivity index (χ0v) is 8.21. The van der Waals surface area contributed by atoms with Crippen molar-refractivity contribution in [2.24, 2.45) is 0 Å². The summed E-state index contributed by atoms with van der Waals surface area (Å²) in [5, 5.41) is 29.6. The first-order valence-electron chi connectivity index (χ1n) is 4.12. The quantitative estimate of drug-likeness (QED) is 0.547. The van der Waals surface area contributed by atoms with Gasteiger partial charge in [0.15, 0.2) is 0 Å². The maximum atomic E-state index is 10.1. The van der Waals surface area contributed by atoms with E-state index in [9.17, 15) is 20.2 Å². The summed E-state index contributed by atoms with van der Waals surface area (Å²) in [7, 11) is 0. The number of aromatic amines is 2. The van der Waals surface area contributed by atoms with Crippen LogP contribution in [-0.2, 0) is 0 Å². The van der Waals surface area contributed by atoms with Gasteiger partial charge >= 0.3 is 0 Å². The monoisotopic (exact) mass is 254 g/mol. The van der Waals surface area contributed by atoms with Gasteiger partial charge < -0.3 is 20.2 Å². The van der Waals surface area contributed by atoms with Gasteiger partial charge in [0.1, 0.15) is 33.6 Å². The molecule has 0 fully saturated rings. The van der Waals surface area contributed by atoms with Crippen LogP contribution in [0.3, 0.4) is 0 Å². The second-order valence-electron chi connectivity index (χ2n) is 2.64. The van der Waals surface area contributed by atoms with E-state index in [4.69, 9.17) is 0 Å². The van der Waals surface area contributed by atoms with Crippen LogP contribution in [0.5, 0.6) is 0 Å². The lowest BCUT2D eigenvalue weighted by Gasteiger charge is -1.95. The Bertz CT molecular complexity index is 534. The minimum atomic E-state index is -0.963. The van der Waals surface area contributed by atoms with Crippen molar-refractivity contribution in [3.63, 3.8) is 0 Å². The van der Waals surface area contributed by atoms with Gasteiger partial charge in [-0.3, -0.25) is 0 Å². The summed E-state index contributed by atoms with van der Waals surface area (Å²) in [4.78, 5) is 27.3. The third-order valence-electron chi connectivity index (χ3n) is 1.50. The lowest BCUT2D eigenvalue weighted by Crippen LogP contribution is -1.87. The number of hydrogen-bond acceptors (Lipinski definition) is 8. The van der Waals surface area contributed by atoms with Gasteiger partial charge in [0, 0.05) is 0 Å². The molecular formula is C4H2N10O4-2. The Morgan fingerprint density at radius 3 is 1.61 bits per heavy atom. The second-order valence-corrected chi connectivity index (χ2v) is 2.64. The molecule has 0 aliphatic rings. The van der Waals surface area contributed by atoms with E-state index in [-0.39, 0.29) is 23.5 Å². The van der Waals surface area contributed by atoms with Gasteiger partial charge in [-0.2, -0.15) is 0 Å². The molecule has 2 N–H and O–H groups in total. The summed E-state index contributed by atoms with van der Waals surface area (Å²) in [6.45, 7) is 0. The van der Waals surface area contributed by atoms with Crippen LogP contribution >= 0.6 is 0 Å². The topological polar surface area (TPSA) is 198 Å². The van der Waals surface area contributed by atoms with Gasteiger partial charge in [-0.1, -0.05) is 10.9 Å². The Morgan fingerprint density at radius 2 is 1.28 bits per heavy atom. The fourth-order valence-corrected chi connectivity index (χ4v) is 0.951. The first kappa shape index (κ1) is 11.2. The van der Waals surface area contributed by atoms with E-state index in [1.807, 2.05) is 0 Å². The van der Waals surface area contributed by atoms with Crippen LogP contribution in [0, 0.1) is 20.2 Å². The molecule has 18 heavy (non-hydrogen) atoms. The molecule has 94 valence electrons. The fraction of sp³-hybridized carbons (Fsp3) is 0. The molecule has 0 bridgehead atoms. The summed E-state index contributed by atoms with van der Waals surface area (Å²) in [6.07, 6.45) is 0. The molecule has 0 radical (unpaired) electrons. The summed E-state index contributed by atoms with van der Waals surface area (Å²) in [5.41, 5.74) is 5.71. The van der Waals surface area contributed by atoms with Crippen LogP contribution < -0.4 is 0 Å². The van der Waals surface area contributed by atoms with Crippen LogP contribution in [0.2, 0.25) is 0 Å². The molecule has 2 aromatic heterocycles. The van der Waals surface area contributed by atoms with Gasteiger partial charge in [-0.15, -0.1) is 0 Å². The standard InChI is InChI=1S/C4H2N10O4/c15-13(16)11-3-5-1(7-9-3)2-6-4(10-8-2)12-14(17)18/h(H2-2,5,6,7,8,9,10,11,12)/q-2. The molecule has 0 saturated carbocycles. The molecule has 14 heteroatoms. The van der Waals surface area contributed by atoms with Crippen molar-refractivity contribution in [2.45, 2.75) is 0 Å². The molecule has 0 amide bonds. The number of H-pyrrole nitrogens is 2. The first-order valence-corrected chi connectivity index (χ1v) is 4.12. The van der Waals surface area contributed by atoms with Crippen LogP contribution in [0.4, 0.5) is 11.9 Å². The summed E-state index contributed by atoms with van der Waals surface area (Å²) in [5.74, 6) is -0.937. The van der Waals surface area contributed by atoms with Crippen molar-refractivity contribution < 1.29 is 10.1 Å². The van der Waals surface area contributed by atoms with Crippen molar-refractivity contribution in [1.82, 2.24) is 30.4 Å². The van der Waals surface area contributed by atoms with Crippen LogP contribution in [-0.4, -0.2) is 40.4 Å². The van der Waals surface area contributed by atoms with E-state index in [0.717, 1.165) is 0 Å². The molecule has 0 atom stereocenters. The highest BCUT2D eigenvalue weighted by molar-refractivity contribution is 5.48. The molecule has 2 heterocycles. The largest absolute Gasteiger partial charge is 0.336 e. The second kappa shape index (κ2) is 4.28. The normalized spacial score (nSPS) is 10.0. The maximum Gasteiger partial charge on any atom is 0.125 e. The smallest absolute Gasteiger partial charge is 0.125 e. The average molecular weight is 254 g/mol. The number of rotatable bonds is 5. The molecule has 2 rings (SSSR count). The highest BCUT2D eigenvalue weighted by atomic mass is 16.7.